The lowest BCUT2D eigenvalue weighted by molar-refractivity contribution is -0.137. The maximum atomic E-state index is 12.2. The molecule has 0 bridgehead atoms. The van der Waals surface area contributed by atoms with E-state index in [1.54, 1.807) is 0 Å². The molecule has 0 aromatic rings. The molecular formula is C13H26N2O. The summed E-state index contributed by atoms with van der Waals surface area (Å²) in [5.41, 5.74) is 5.66. The molecular weight excluding hydrogens is 200 g/mol. The van der Waals surface area contributed by atoms with Crippen molar-refractivity contribution in [2.75, 3.05) is 13.6 Å². The molecule has 0 aromatic heterocycles. The van der Waals surface area contributed by atoms with Crippen molar-refractivity contribution in [3.05, 3.63) is 0 Å². The third-order valence-corrected chi connectivity index (χ3v) is 3.62. The highest BCUT2D eigenvalue weighted by molar-refractivity contribution is 5.86. The van der Waals surface area contributed by atoms with Crippen LogP contribution in [0.3, 0.4) is 0 Å². The largest absolute Gasteiger partial charge is 0.344 e. The number of likely N-dealkylation sites (N-methyl/N-ethyl adjacent to an activating group) is 1. The molecule has 16 heavy (non-hydrogen) atoms. The molecule has 3 heteroatoms. The minimum Gasteiger partial charge on any atom is -0.344 e. The fraction of sp³-hybridized carbons (Fsp3) is 0.923. The van der Waals surface area contributed by atoms with E-state index < -0.39 is 5.54 Å². The molecule has 1 aliphatic rings. The highest BCUT2D eigenvalue weighted by Gasteiger charge is 2.36. The predicted octanol–water partition coefficient (Wildman–Crippen LogP) is 2.30. The van der Waals surface area contributed by atoms with Crippen LogP contribution in [0, 0.1) is 0 Å². The smallest absolute Gasteiger partial charge is 0.242 e. The molecule has 0 atom stereocenters. The molecule has 1 rings (SSSR count). The van der Waals surface area contributed by atoms with Gasteiger partial charge in [-0.15, -0.1) is 0 Å². The zero-order valence-electron chi connectivity index (χ0n) is 10.8. The summed E-state index contributed by atoms with van der Waals surface area (Å²) < 4.78 is 0. The van der Waals surface area contributed by atoms with Crippen LogP contribution < -0.4 is 5.73 Å². The summed E-state index contributed by atoms with van der Waals surface area (Å²) >= 11 is 0. The van der Waals surface area contributed by atoms with Gasteiger partial charge in [0.2, 0.25) is 5.91 Å². The summed E-state index contributed by atoms with van der Waals surface area (Å²) in [6.45, 7) is 3.03. The van der Waals surface area contributed by atoms with Crippen LogP contribution in [-0.4, -0.2) is 29.9 Å². The number of carbonyl (C=O) groups is 1. The number of carbonyl (C=O) groups excluding carboxylic acids is 1. The van der Waals surface area contributed by atoms with Crippen LogP contribution in [-0.2, 0) is 4.79 Å². The summed E-state index contributed by atoms with van der Waals surface area (Å²) in [6, 6.07) is 0. The zero-order valence-corrected chi connectivity index (χ0v) is 10.8. The van der Waals surface area contributed by atoms with Gasteiger partial charge in [0, 0.05) is 13.6 Å². The molecule has 1 saturated carbocycles. The Morgan fingerprint density at radius 1 is 1.25 bits per heavy atom. The summed E-state index contributed by atoms with van der Waals surface area (Å²) in [7, 11) is 1.89. The second-order valence-electron chi connectivity index (χ2n) is 5.15. The Hall–Kier alpha value is -0.570. The van der Waals surface area contributed by atoms with Gasteiger partial charge in [-0.25, -0.2) is 0 Å². The number of amides is 1. The minimum absolute atomic E-state index is 0.156. The van der Waals surface area contributed by atoms with Gasteiger partial charge in [-0.1, -0.05) is 39.0 Å². The normalized spacial score (nSPS) is 19.4. The number of nitrogens with two attached hydrogens (primary N) is 1. The molecule has 94 valence electrons. The lowest BCUT2D eigenvalue weighted by Gasteiger charge is -2.35. The van der Waals surface area contributed by atoms with Gasteiger partial charge in [-0.05, 0) is 19.3 Å². The van der Waals surface area contributed by atoms with Crippen LogP contribution in [0.1, 0.15) is 58.3 Å². The van der Waals surface area contributed by atoms with Gasteiger partial charge in [0.15, 0.2) is 0 Å². The first-order chi connectivity index (χ1) is 7.60. The van der Waals surface area contributed by atoms with Gasteiger partial charge in [0.05, 0.1) is 5.54 Å². The highest BCUT2D eigenvalue weighted by Crippen LogP contribution is 2.27. The van der Waals surface area contributed by atoms with Crippen molar-refractivity contribution in [3.63, 3.8) is 0 Å². The van der Waals surface area contributed by atoms with Crippen molar-refractivity contribution in [1.29, 1.82) is 0 Å². The van der Waals surface area contributed by atoms with Crippen molar-refractivity contribution >= 4 is 5.91 Å². The number of unbranched alkanes of at least 4 members (excludes halogenated alkanes) is 2. The van der Waals surface area contributed by atoms with Gasteiger partial charge >= 0.3 is 0 Å². The quantitative estimate of drug-likeness (QED) is 0.731. The van der Waals surface area contributed by atoms with Gasteiger partial charge in [0.1, 0.15) is 0 Å². The number of hydrogen-bond donors (Lipinski definition) is 1. The molecule has 0 unspecified atom stereocenters. The molecule has 3 nitrogen and oxygen atoms in total. The topological polar surface area (TPSA) is 46.3 Å². The molecule has 0 aromatic carbocycles. The molecule has 0 radical (unpaired) electrons. The van der Waals surface area contributed by atoms with E-state index in [0.29, 0.717) is 0 Å². The van der Waals surface area contributed by atoms with Gasteiger partial charge in [0.25, 0.3) is 0 Å². The first kappa shape index (κ1) is 13.5. The monoisotopic (exact) mass is 226 g/mol. The molecule has 0 heterocycles. The van der Waals surface area contributed by atoms with E-state index >= 15 is 0 Å². The van der Waals surface area contributed by atoms with Crippen LogP contribution in [0.5, 0.6) is 0 Å². The van der Waals surface area contributed by atoms with E-state index in [2.05, 4.69) is 6.92 Å². The van der Waals surface area contributed by atoms with Gasteiger partial charge in [-0.3, -0.25) is 4.79 Å². The first-order valence-corrected chi connectivity index (χ1v) is 6.64. The zero-order chi connectivity index (χ0) is 12.0. The average molecular weight is 226 g/mol. The fourth-order valence-corrected chi connectivity index (χ4v) is 2.48. The van der Waals surface area contributed by atoms with Crippen LogP contribution in [0.4, 0.5) is 0 Å². The highest BCUT2D eigenvalue weighted by atomic mass is 16.2. The molecule has 0 aliphatic heterocycles. The molecule has 1 fully saturated rings. The summed E-state index contributed by atoms with van der Waals surface area (Å²) in [5, 5.41) is 0. The third-order valence-electron chi connectivity index (χ3n) is 3.62. The van der Waals surface area contributed by atoms with Gasteiger partial charge < -0.3 is 10.6 Å². The van der Waals surface area contributed by atoms with E-state index in [1.165, 1.54) is 19.3 Å². The van der Waals surface area contributed by atoms with Crippen molar-refractivity contribution in [1.82, 2.24) is 4.90 Å². The number of nitrogens with zero attached hydrogens (tertiary/aromatic N) is 1. The SMILES string of the molecule is CCCCCN(C)C(=O)C1(N)CCCCC1. The first-order valence-electron chi connectivity index (χ1n) is 6.64. The van der Waals surface area contributed by atoms with Crippen molar-refractivity contribution in [2.24, 2.45) is 5.73 Å². The Morgan fingerprint density at radius 3 is 2.44 bits per heavy atom. The summed E-state index contributed by atoms with van der Waals surface area (Å²) in [4.78, 5) is 14.0. The maximum absolute atomic E-state index is 12.2. The maximum Gasteiger partial charge on any atom is 0.242 e. The predicted molar refractivity (Wildman–Crippen MR) is 67.2 cm³/mol. The lowest BCUT2D eigenvalue weighted by atomic mass is 9.81. The summed E-state index contributed by atoms with van der Waals surface area (Å²) in [6.07, 6.45) is 8.63. The molecule has 2 N–H and O–H groups in total. The van der Waals surface area contributed by atoms with E-state index in [-0.39, 0.29) is 5.91 Å². The molecule has 0 saturated heterocycles. The minimum atomic E-state index is -0.556. The van der Waals surface area contributed by atoms with E-state index in [9.17, 15) is 4.79 Å². The van der Waals surface area contributed by atoms with Crippen molar-refractivity contribution in [3.8, 4) is 0 Å². The van der Waals surface area contributed by atoms with Crippen LogP contribution in [0.25, 0.3) is 0 Å². The second-order valence-corrected chi connectivity index (χ2v) is 5.15. The van der Waals surface area contributed by atoms with E-state index in [0.717, 1.165) is 38.6 Å². The number of rotatable bonds is 5. The molecule has 0 spiro atoms. The molecule has 1 amide bonds. The van der Waals surface area contributed by atoms with Crippen LogP contribution in [0.2, 0.25) is 0 Å². The standard InChI is InChI=1S/C13H26N2O/c1-3-4-8-11-15(2)12(16)13(14)9-6-5-7-10-13/h3-11,14H2,1-2H3. The van der Waals surface area contributed by atoms with Crippen molar-refractivity contribution < 1.29 is 4.79 Å². The average Bonchev–Trinajstić information content (AvgIpc) is 2.29. The molecule has 1 aliphatic carbocycles. The Bertz CT molecular complexity index is 222. The Kier molecular flexibility index (Phi) is 5.26. The van der Waals surface area contributed by atoms with Crippen molar-refractivity contribution in [2.45, 2.75) is 63.8 Å². The summed E-state index contributed by atoms with van der Waals surface area (Å²) in [5.74, 6) is 0.156. The fourth-order valence-electron chi connectivity index (χ4n) is 2.48. The van der Waals surface area contributed by atoms with E-state index in [1.807, 2.05) is 11.9 Å². The Labute approximate surface area is 99.4 Å². The van der Waals surface area contributed by atoms with E-state index in [4.69, 9.17) is 5.73 Å². The Morgan fingerprint density at radius 2 is 1.88 bits per heavy atom. The Balaban J connectivity index is 2.41. The lowest BCUT2D eigenvalue weighted by Crippen LogP contribution is -2.55. The van der Waals surface area contributed by atoms with Gasteiger partial charge in [-0.2, -0.15) is 0 Å². The second kappa shape index (κ2) is 6.24. The number of hydrogen-bond acceptors (Lipinski definition) is 2. The third kappa shape index (κ3) is 3.48. The van der Waals surface area contributed by atoms with Crippen LogP contribution in [0.15, 0.2) is 0 Å². The van der Waals surface area contributed by atoms with Crippen LogP contribution >= 0.6 is 0 Å².